The number of amides is 1. The van der Waals surface area contributed by atoms with Gasteiger partial charge in [0.05, 0.1) is 39.7 Å². The van der Waals surface area contributed by atoms with Crippen molar-refractivity contribution in [1.82, 2.24) is 19.7 Å². The van der Waals surface area contributed by atoms with Crippen LogP contribution < -0.4 is 10.1 Å². The molecule has 3 aromatic heterocycles. The molecular weight excluding hydrogens is 410 g/mol. The molecule has 0 aliphatic rings. The molecule has 7 nitrogen and oxygen atoms in total. The minimum absolute atomic E-state index is 0.244. The van der Waals surface area contributed by atoms with E-state index < -0.39 is 0 Å². The lowest BCUT2D eigenvalue weighted by atomic mass is 10.1. The molecule has 0 spiro atoms. The Bertz CT molecular complexity index is 1440. The van der Waals surface area contributed by atoms with Crippen molar-refractivity contribution >= 4 is 43.6 Å². The van der Waals surface area contributed by atoms with Gasteiger partial charge in [-0.2, -0.15) is 5.10 Å². The first-order valence-corrected chi connectivity index (χ1v) is 10.5. The summed E-state index contributed by atoms with van der Waals surface area (Å²) in [6, 6.07) is 17.3. The zero-order valence-corrected chi connectivity index (χ0v) is 18.0. The maximum absolute atomic E-state index is 13.3. The van der Waals surface area contributed by atoms with E-state index in [4.69, 9.17) is 9.72 Å². The summed E-state index contributed by atoms with van der Waals surface area (Å²) in [5.41, 5.74) is 4.40. The van der Waals surface area contributed by atoms with Crippen LogP contribution in [0.4, 0.5) is 5.13 Å². The van der Waals surface area contributed by atoms with Crippen molar-refractivity contribution in [1.29, 1.82) is 0 Å². The molecule has 1 N–H and O–H groups in total. The van der Waals surface area contributed by atoms with Crippen LogP contribution in [-0.2, 0) is 7.05 Å². The van der Waals surface area contributed by atoms with Gasteiger partial charge in [0.2, 0.25) is 0 Å². The average Bonchev–Trinajstić information content (AvgIpc) is 3.32. The van der Waals surface area contributed by atoms with E-state index in [1.807, 2.05) is 68.6 Å². The number of aromatic nitrogens is 4. The second kappa shape index (κ2) is 7.48. The van der Waals surface area contributed by atoms with Crippen LogP contribution in [0.2, 0.25) is 0 Å². The number of aryl methyl sites for hydroxylation is 2. The van der Waals surface area contributed by atoms with Crippen LogP contribution in [0.1, 0.15) is 16.1 Å². The highest BCUT2D eigenvalue weighted by Crippen LogP contribution is 2.31. The monoisotopic (exact) mass is 429 g/mol. The fraction of sp³-hybridized carbons (Fsp3) is 0.130. The third-order valence-corrected chi connectivity index (χ3v) is 6.03. The Morgan fingerprint density at radius 3 is 2.68 bits per heavy atom. The maximum atomic E-state index is 13.3. The molecule has 5 aromatic rings. The summed E-state index contributed by atoms with van der Waals surface area (Å²) in [4.78, 5) is 22.6. The van der Waals surface area contributed by atoms with Gasteiger partial charge in [0.15, 0.2) is 10.8 Å². The van der Waals surface area contributed by atoms with Gasteiger partial charge in [0.25, 0.3) is 5.91 Å². The number of pyridine rings is 1. The fourth-order valence-corrected chi connectivity index (χ4v) is 4.52. The lowest BCUT2D eigenvalue weighted by Gasteiger charge is -2.08. The Hall–Kier alpha value is -3.78. The maximum Gasteiger partial charge on any atom is 0.258 e. The third kappa shape index (κ3) is 3.40. The van der Waals surface area contributed by atoms with E-state index in [-0.39, 0.29) is 5.91 Å². The summed E-state index contributed by atoms with van der Waals surface area (Å²) >= 11 is 1.41. The number of nitrogens with one attached hydrogen (secondary N) is 1. The van der Waals surface area contributed by atoms with Gasteiger partial charge in [-0.3, -0.25) is 14.8 Å². The molecule has 3 heterocycles. The summed E-state index contributed by atoms with van der Waals surface area (Å²) in [5.74, 6) is 0.509. The van der Waals surface area contributed by atoms with Crippen LogP contribution in [0.3, 0.4) is 0 Å². The van der Waals surface area contributed by atoms with Crippen LogP contribution in [0.15, 0.2) is 54.6 Å². The number of carbonyl (C=O) groups is 1. The molecule has 2 aromatic carbocycles. The lowest BCUT2D eigenvalue weighted by molar-refractivity contribution is 0.102. The van der Waals surface area contributed by atoms with E-state index in [1.165, 1.54) is 11.3 Å². The van der Waals surface area contributed by atoms with Gasteiger partial charge in [-0.1, -0.05) is 41.7 Å². The predicted molar refractivity (Wildman–Crippen MR) is 123 cm³/mol. The molecule has 31 heavy (non-hydrogen) atoms. The fourth-order valence-electron chi connectivity index (χ4n) is 3.63. The largest absolute Gasteiger partial charge is 0.497 e. The van der Waals surface area contributed by atoms with E-state index in [0.29, 0.717) is 16.3 Å². The number of ether oxygens (including phenoxy) is 1. The molecule has 0 bridgehead atoms. The number of hydrogen-bond acceptors (Lipinski definition) is 6. The molecule has 1 amide bonds. The molecule has 0 saturated heterocycles. The highest BCUT2D eigenvalue weighted by Gasteiger charge is 2.20. The highest BCUT2D eigenvalue weighted by atomic mass is 32.1. The van der Waals surface area contributed by atoms with Crippen LogP contribution >= 0.6 is 11.3 Å². The zero-order valence-electron chi connectivity index (χ0n) is 17.2. The van der Waals surface area contributed by atoms with Crippen LogP contribution in [0.5, 0.6) is 5.75 Å². The molecule has 0 radical (unpaired) electrons. The number of methoxy groups -OCH3 is 1. The number of rotatable bonds is 4. The molecule has 0 saturated carbocycles. The minimum atomic E-state index is -0.244. The standard InChI is InChI=1S/C23H19N5O2S/c1-13-20-16(12-18(14-7-5-4-6-8-14)24-21(20)28(2)27-13)22(29)26-23-25-17-10-9-15(30-3)11-19(17)31-23/h4-12H,1-3H3,(H,25,26,29). The van der Waals surface area contributed by atoms with E-state index >= 15 is 0 Å². The smallest absolute Gasteiger partial charge is 0.258 e. The van der Waals surface area contributed by atoms with E-state index in [0.717, 1.165) is 38.3 Å². The first-order chi connectivity index (χ1) is 15.0. The molecule has 0 aliphatic carbocycles. The third-order valence-electron chi connectivity index (χ3n) is 5.10. The number of benzene rings is 2. The highest BCUT2D eigenvalue weighted by molar-refractivity contribution is 7.22. The van der Waals surface area contributed by atoms with Crippen molar-refractivity contribution in [3.8, 4) is 17.0 Å². The van der Waals surface area contributed by atoms with Crippen LogP contribution in [-0.4, -0.2) is 32.8 Å². The molecule has 154 valence electrons. The minimum Gasteiger partial charge on any atom is -0.497 e. The molecular formula is C23H19N5O2S. The summed E-state index contributed by atoms with van der Waals surface area (Å²) in [7, 11) is 3.46. The number of fused-ring (bicyclic) bond motifs is 2. The van der Waals surface area contributed by atoms with Gasteiger partial charge >= 0.3 is 0 Å². The van der Waals surface area contributed by atoms with Gasteiger partial charge in [0.1, 0.15) is 5.75 Å². The number of thiazole rings is 1. The van der Waals surface area contributed by atoms with Crippen molar-refractivity contribution in [2.75, 3.05) is 12.4 Å². The Kier molecular flexibility index (Phi) is 4.63. The molecule has 0 atom stereocenters. The Morgan fingerprint density at radius 2 is 1.90 bits per heavy atom. The quantitative estimate of drug-likeness (QED) is 0.443. The van der Waals surface area contributed by atoms with Gasteiger partial charge in [-0.15, -0.1) is 0 Å². The molecule has 8 heteroatoms. The lowest BCUT2D eigenvalue weighted by Crippen LogP contribution is -2.13. The predicted octanol–water partition coefficient (Wildman–Crippen LogP) is 4.81. The van der Waals surface area contributed by atoms with E-state index in [1.54, 1.807) is 11.8 Å². The van der Waals surface area contributed by atoms with Gasteiger partial charge < -0.3 is 4.74 Å². The Balaban J connectivity index is 1.59. The van der Waals surface area contributed by atoms with E-state index in [2.05, 4.69) is 15.4 Å². The zero-order chi connectivity index (χ0) is 21.5. The second-order valence-electron chi connectivity index (χ2n) is 7.14. The number of hydrogen-bond donors (Lipinski definition) is 1. The van der Waals surface area contributed by atoms with Crippen molar-refractivity contribution < 1.29 is 9.53 Å². The van der Waals surface area contributed by atoms with Gasteiger partial charge in [-0.05, 0) is 31.2 Å². The normalized spacial score (nSPS) is 11.2. The van der Waals surface area contributed by atoms with Crippen LogP contribution in [0.25, 0.3) is 32.5 Å². The van der Waals surface area contributed by atoms with Gasteiger partial charge in [0, 0.05) is 12.6 Å². The van der Waals surface area contributed by atoms with Crippen LogP contribution in [0, 0.1) is 6.92 Å². The van der Waals surface area contributed by atoms with Crippen molar-refractivity contribution in [3.05, 3.63) is 65.9 Å². The molecule has 5 rings (SSSR count). The summed E-state index contributed by atoms with van der Waals surface area (Å²) in [6.07, 6.45) is 0. The second-order valence-corrected chi connectivity index (χ2v) is 8.17. The average molecular weight is 430 g/mol. The van der Waals surface area contributed by atoms with E-state index in [9.17, 15) is 4.79 Å². The number of carbonyl (C=O) groups excluding carboxylic acids is 1. The topological polar surface area (TPSA) is 81.9 Å². The number of nitrogens with zero attached hydrogens (tertiary/aromatic N) is 4. The summed E-state index contributed by atoms with van der Waals surface area (Å²) in [5, 5.41) is 8.70. The Labute approximate surface area is 182 Å². The van der Waals surface area contributed by atoms with Crippen molar-refractivity contribution in [3.63, 3.8) is 0 Å². The SMILES string of the molecule is COc1ccc2nc(NC(=O)c3cc(-c4ccccc4)nc4c3c(C)nn4C)sc2c1. The molecule has 0 aliphatic heterocycles. The first-order valence-electron chi connectivity index (χ1n) is 9.69. The van der Waals surface area contributed by atoms with Gasteiger partial charge in [-0.25, -0.2) is 9.97 Å². The molecule has 0 fully saturated rings. The summed E-state index contributed by atoms with van der Waals surface area (Å²) in [6.45, 7) is 1.88. The number of anilines is 1. The molecule has 0 unspecified atom stereocenters. The van der Waals surface area contributed by atoms with Crippen molar-refractivity contribution in [2.24, 2.45) is 7.05 Å². The summed E-state index contributed by atoms with van der Waals surface area (Å²) < 4.78 is 7.92. The Morgan fingerprint density at radius 1 is 1.10 bits per heavy atom. The van der Waals surface area contributed by atoms with Crippen molar-refractivity contribution in [2.45, 2.75) is 6.92 Å². The first kappa shape index (κ1) is 19.2.